The lowest BCUT2D eigenvalue weighted by molar-refractivity contribution is 0.0468. The minimum absolute atomic E-state index is 0.0876. The lowest BCUT2D eigenvalue weighted by Gasteiger charge is -2.05. The van der Waals surface area contributed by atoms with Crippen LogP contribution < -0.4 is 5.56 Å². The number of ether oxygens (including phenoxy) is 1. The van der Waals surface area contributed by atoms with E-state index in [0.29, 0.717) is 27.5 Å². The number of carbonyl (C=O) groups excluding carboxylic acids is 1. The Balaban J connectivity index is 1.41. The summed E-state index contributed by atoms with van der Waals surface area (Å²) in [5.41, 5.74) is 2.09. The minimum Gasteiger partial charge on any atom is -0.456 e. The van der Waals surface area contributed by atoms with E-state index in [2.05, 4.69) is 10.1 Å². The van der Waals surface area contributed by atoms with E-state index < -0.39 is 5.97 Å². The van der Waals surface area contributed by atoms with Crippen LogP contribution in [0.1, 0.15) is 16.1 Å². The zero-order valence-corrected chi connectivity index (χ0v) is 15.8. The lowest BCUT2D eigenvalue weighted by atomic mass is 10.1. The predicted molar refractivity (Wildman–Crippen MR) is 108 cm³/mol. The second kappa shape index (κ2) is 6.99. The maximum atomic E-state index is 12.5. The number of thiazole rings is 1. The van der Waals surface area contributed by atoms with E-state index in [1.807, 2.05) is 30.3 Å². The smallest absolute Gasteiger partial charge is 0.338 e. The van der Waals surface area contributed by atoms with Gasteiger partial charge in [-0.1, -0.05) is 35.5 Å². The minimum atomic E-state index is -0.514. The predicted octanol–water partition coefficient (Wildman–Crippen LogP) is 3.92. The number of fused-ring (bicyclic) bond motifs is 2. The number of esters is 1. The van der Waals surface area contributed by atoms with E-state index in [-0.39, 0.29) is 12.2 Å². The molecule has 0 aliphatic rings. The summed E-state index contributed by atoms with van der Waals surface area (Å²) in [7, 11) is 0. The van der Waals surface area contributed by atoms with Gasteiger partial charge in [0.25, 0.3) is 5.56 Å². The molecule has 8 heteroatoms. The number of rotatable bonds is 4. The summed E-state index contributed by atoms with van der Waals surface area (Å²) in [6.45, 7) is -0.0876. The molecule has 0 atom stereocenters. The van der Waals surface area contributed by atoms with Crippen molar-refractivity contribution in [1.29, 1.82) is 0 Å². The van der Waals surface area contributed by atoms with Crippen molar-refractivity contribution in [3.05, 3.63) is 87.8 Å². The molecule has 5 aromatic rings. The molecule has 5 rings (SSSR count). The fourth-order valence-corrected chi connectivity index (χ4v) is 3.79. The SMILES string of the molecule is O=C(OCc1cc(=O)n2ccsc2n1)c1ccc2noc(-c3ccccc3)c2c1. The van der Waals surface area contributed by atoms with Gasteiger partial charge in [-0.25, -0.2) is 9.78 Å². The van der Waals surface area contributed by atoms with Crippen LogP contribution in [-0.2, 0) is 11.3 Å². The molecule has 142 valence electrons. The molecule has 0 spiro atoms. The summed E-state index contributed by atoms with van der Waals surface area (Å²) >= 11 is 1.34. The molecule has 0 unspecified atom stereocenters. The first-order valence-corrected chi connectivity index (χ1v) is 9.65. The zero-order chi connectivity index (χ0) is 19.8. The summed E-state index contributed by atoms with van der Waals surface area (Å²) < 4.78 is 12.3. The Morgan fingerprint density at radius 2 is 2.00 bits per heavy atom. The Hall–Kier alpha value is -3.78. The molecule has 0 aliphatic carbocycles. The molecule has 3 aromatic heterocycles. The Labute approximate surface area is 167 Å². The fourth-order valence-electron chi connectivity index (χ4n) is 3.05. The molecule has 0 bridgehead atoms. The Bertz CT molecular complexity index is 1400. The third kappa shape index (κ3) is 3.19. The number of hydrogen-bond donors (Lipinski definition) is 0. The molecule has 0 fully saturated rings. The van der Waals surface area contributed by atoms with Crippen molar-refractivity contribution in [3.8, 4) is 11.3 Å². The van der Waals surface area contributed by atoms with Gasteiger partial charge in [-0.2, -0.15) is 0 Å². The highest BCUT2D eigenvalue weighted by molar-refractivity contribution is 7.15. The maximum absolute atomic E-state index is 12.5. The summed E-state index contributed by atoms with van der Waals surface area (Å²) in [5.74, 6) is 0.0772. The van der Waals surface area contributed by atoms with Crippen LogP contribution in [0.3, 0.4) is 0 Å². The standard InChI is InChI=1S/C21H13N3O4S/c25-18-11-15(22-21-24(18)8-9-29-21)12-27-20(26)14-6-7-17-16(10-14)19(28-23-17)13-4-2-1-3-5-13/h1-11H,12H2. The van der Waals surface area contributed by atoms with Gasteiger partial charge in [0.2, 0.25) is 0 Å². The van der Waals surface area contributed by atoms with Crippen molar-refractivity contribution >= 4 is 33.2 Å². The van der Waals surface area contributed by atoms with Crippen molar-refractivity contribution in [3.63, 3.8) is 0 Å². The highest BCUT2D eigenvalue weighted by Gasteiger charge is 2.15. The van der Waals surface area contributed by atoms with E-state index in [4.69, 9.17) is 9.26 Å². The zero-order valence-electron chi connectivity index (χ0n) is 14.9. The van der Waals surface area contributed by atoms with Gasteiger partial charge in [-0.05, 0) is 18.2 Å². The molecule has 29 heavy (non-hydrogen) atoms. The second-order valence-electron chi connectivity index (χ2n) is 6.33. The quantitative estimate of drug-likeness (QED) is 0.423. The topological polar surface area (TPSA) is 86.7 Å². The van der Waals surface area contributed by atoms with E-state index in [1.165, 1.54) is 21.8 Å². The van der Waals surface area contributed by atoms with E-state index in [1.54, 1.807) is 29.8 Å². The van der Waals surface area contributed by atoms with Gasteiger partial charge >= 0.3 is 5.97 Å². The van der Waals surface area contributed by atoms with E-state index in [9.17, 15) is 9.59 Å². The summed E-state index contributed by atoms with van der Waals surface area (Å²) in [5, 5.41) is 6.55. The lowest BCUT2D eigenvalue weighted by Crippen LogP contribution is -2.14. The van der Waals surface area contributed by atoms with Gasteiger partial charge in [0, 0.05) is 23.2 Å². The maximum Gasteiger partial charge on any atom is 0.338 e. The molecule has 0 N–H and O–H groups in total. The Morgan fingerprint density at radius 3 is 2.86 bits per heavy atom. The fraction of sp³-hybridized carbons (Fsp3) is 0.0476. The van der Waals surface area contributed by atoms with E-state index in [0.717, 1.165) is 10.9 Å². The van der Waals surface area contributed by atoms with Crippen molar-refractivity contribution in [2.24, 2.45) is 0 Å². The van der Waals surface area contributed by atoms with Gasteiger partial charge in [0.15, 0.2) is 10.7 Å². The van der Waals surface area contributed by atoms with Crippen molar-refractivity contribution in [1.82, 2.24) is 14.5 Å². The molecule has 7 nitrogen and oxygen atoms in total. The van der Waals surface area contributed by atoms with Crippen LogP contribution in [0.2, 0.25) is 0 Å². The van der Waals surface area contributed by atoms with Gasteiger partial charge < -0.3 is 9.26 Å². The average molecular weight is 403 g/mol. The van der Waals surface area contributed by atoms with Gasteiger partial charge in [-0.3, -0.25) is 9.20 Å². The summed E-state index contributed by atoms with van der Waals surface area (Å²) in [6.07, 6.45) is 1.66. The van der Waals surface area contributed by atoms with Crippen LogP contribution in [0.15, 0.2) is 75.5 Å². The Kier molecular flexibility index (Phi) is 4.18. The average Bonchev–Trinajstić information content (AvgIpc) is 3.39. The van der Waals surface area contributed by atoms with Crippen LogP contribution in [0, 0.1) is 0 Å². The van der Waals surface area contributed by atoms with Gasteiger partial charge in [0.1, 0.15) is 12.1 Å². The molecular weight excluding hydrogens is 390 g/mol. The number of benzene rings is 2. The third-order valence-electron chi connectivity index (χ3n) is 4.46. The van der Waals surface area contributed by atoms with Crippen LogP contribution in [0.4, 0.5) is 0 Å². The Morgan fingerprint density at radius 1 is 1.14 bits per heavy atom. The molecule has 0 aliphatic heterocycles. The number of nitrogens with zero attached hydrogens (tertiary/aromatic N) is 3. The second-order valence-corrected chi connectivity index (χ2v) is 7.20. The van der Waals surface area contributed by atoms with Crippen LogP contribution in [0.5, 0.6) is 0 Å². The largest absolute Gasteiger partial charge is 0.456 e. The molecule has 0 amide bonds. The van der Waals surface area contributed by atoms with Gasteiger partial charge in [0.05, 0.1) is 16.6 Å². The molecule has 0 radical (unpaired) electrons. The summed E-state index contributed by atoms with van der Waals surface area (Å²) in [6, 6.07) is 16.0. The molecule has 2 aromatic carbocycles. The molecular formula is C21H13N3O4S. The molecule has 0 saturated heterocycles. The number of aromatic nitrogens is 3. The van der Waals surface area contributed by atoms with Gasteiger partial charge in [-0.15, -0.1) is 11.3 Å². The first-order chi connectivity index (χ1) is 14.2. The van der Waals surface area contributed by atoms with Crippen LogP contribution in [0.25, 0.3) is 27.2 Å². The van der Waals surface area contributed by atoms with Crippen molar-refractivity contribution in [2.45, 2.75) is 6.61 Å². The molecule has 3 heterocycles. The van der Waals surface area contributed by atoms with Crippen LogP contribution >= 0.6 is 11.3 Å². The van der Waals surface area contributed by atoms with Crippen molar-refractivity contribution in [2.75, 3.05) is 0 Å². The van der Waals surface area contributed by atoms with E-state index >= 15 is 0 Å². The molecule has 0 saturated carbocycles. The summed E-state index contributed by atoms with van der Waals surface area (Å²) in [4.78, 5) is 29.5. The first-order valence-electron chi connectivity index (χ1n) is 8.77. The monoisotopic (exact) mass is 403 g/mol. The first kappa shape index (κ1) is 17.3. The highest BCUT2D eigenvalue weighted by atomic mass is 32.1. The van der Waals surface area contributed by atoms with Crippen LogP contribution in [-0.4, -0.2) is 20.5 Å². The number of hydrogen-bond acceptors (Lipinski definition) is 7. The normalized spacial score (nSPS) is 11.2. The van der Waals surface area contributed by atoms with Crippen molar-refractivity contribution < 1.29 is 14.1 Å². The third-order valence-corrected chi connectivity index (χ3v) is 5.21. The number of carbonyl (C=O) groups is 1. The highest BCUT2D eigenvalue weighted by Crippen LogP contribution is 2.29.